The lowest BCUT2D eigenvalue weighted by Gasteiger charge is -2.50. The first-order chi connectivity index (χ1) is 16.4. The number of rotatable bonds is 6. The topological polar surface area (TPSA) is 68.2 Å². The fourth-order valence-electron chi connectivity index (χ4n) is 7.48. The standard InChI is InChI=1S/C28H39NO5/c1-17-6-5-9-28(2)15-26-20(13-22(17)28)21(27(31)34-26)16-29-10-7-18-12-24(32-3)25(33-4)14-19(18)23(29)8-11-30/h12,14,20-23,26,30H,1,5-11,13,15-16H2,2-4H3/t20-,21-,22-,23-,26+,28+/m0/s1. The van der Waals surface area contributed by atoms with Crippen LogP contribution in [0.15, 0.2) is 24.3 Å². The van der Waals surface area contributed by atoms with E-state index in [1.165, 1.54) is 24.0 Å². The van der Waals surface area contributed by atoms with E-state index in [1.807, 2.05) is 0 Å². The van der Waals surface area contributed by atoms with Crippen LogP contribution in [0.25, 0.3) is 0 Å². The van der Waals surface area contributed by atoms with E-state index in [9.17, 15) is 9.90 Å². The summed E-state index contributed by atoms with van der Waals surface area (Å²) in [4.78, 5) is 15.5. The molecule has 4 aliphatic rings. The number of hydrogen-bond donors (Lipinski definition) is 1. The van der Waals surface area contributed by atoms with Crippen molar-refractivity contribution in [3.63, 3.8) is 0 Å². The van der Waals surface area contributed by atoms with Gasteiger partial charge < -0.3 is 19.3 Å². The second-order valence-corrected chi connectivity index (χ2v) is 11.1. The number of carbonyl (C=O) groups is 1. The van der Waals surface area contributed by atoms with Gasteiger partial charge in [-0.05, 0) is 79.5 Å². The fraction of sp³-hybridized carbons (Fsp3) is 0.679. The molecule has 0 bridgehead atoms. The molecular formula is C28H39NO5. The summed E-state index contributed by atoms with van der Waals surface area (Å²) in [5.74, 6) is 2.02. The van der Waals surface area contributed by atoms with Gasteiger partial charge in [-0.3, -0.25) is 9.69 Å². The zero-order valence-electron chi connectivity index (χ0n) is 20.8. The number of aliphatic hydroxyl groups excluding tert-OH is 1. The first-order valence-corrected chi connectivity index (χ1v) is 12.9. The van der Waals surface area contributed by atoms with Crippen molar-refractivity contribution in [2.75, 3.05) is 33.9 Å². The van der Waals surface area contributed by atoms with Crippen molar-refractivity contribution in [2.45, 2.75) is 64.0 Å². The van der Waals surface area contributed by atoms with Gasteiger partial charge in [-0.1, -0.05) is 19.1 Å². The first-order valence-electron chi connectivity index (χ1n) is 12.9. The minimum Gasteiger partial charge on any atom is -0.493 e. The molecule has 1 aromatic rings. The summed E-state index contributed by atoms with van der Waals surface area (Å²) in [5, 5.41) is 9.89. The monoisotopic (exact) mass is 469 g/mol. The summed E-state index contributed by atoms with van der Waals surface area (Å²) >= 11 is 0. The van der Waals surface area contributed by atoms with Gasteiger partial charge in [0.05, 0.1) is 20.1 Å². The largest absolute Gasteiger partial charge is 0.493 e. The predicted octanol–water partition coefficient (Wildman–Crippen LogP) is 4.30. The van der Waals surface area contributed by atoms with E-state index in [2.05, 4.69) is 30.5 Å². The molecular weight excluding hydrogens is 430 g/mol. The van der Waals surface area contributed by atoms with Gasteiger partial charge in [0.15, 0.2) is 11.5 Å². The number of allylic oxidation sites excluding steroid dienone is 1. The molecule has 0 unspecified atom stereocenters. The van der Waals surface area contributed by atoms with E-state index in [0.717, 1.165) is 43.5 Å². The third kappa shape index (κ3) is 3.93. The number of aliphatic hydroxyl groups is 1. The maximum Gasteiger partial charge on any atom is 0.310 e. The normalized spacial score (nSPS) is 35.2. The Morgan fingerprint density at radius 3 is 2.74 bits per heavy atom. The molecule has 6 nitrogen and oxygen atoms in total. The predicted molar refractivity (Wildman–Crippen MR) is 130 cm³/mol. The van der Waals surface area contributed by atoms with Gasteiger partial charge >= 0.3 is 5.97 Å². The van der Waals surface area contributed by atoms with Crippen LogP contribution in [-0.4, -0.2) is 56.0 Å². The minimum atomic E-state index is -0.118. The molecule has 1 N–H and O–H groups in total. The molecule has 3 fully saturated rings. The van der Waals surface area contributed by atoms with Gasteiger partial charge in [-0.15, -0.1) is 0 Å². The lowest BCUT2D eigenvalue weighted by molar-refractivity contribution is -0.146. The number of carbonyl (C=O) groups excluding carboxylic acids is 1. The van der Waals surface area contributed by atoms with Crippen molar-refractivity contribution in [1.29, 1.82) is 0 Å². The molecule has 0 aromatic heterocycles. The number of methoxy groups -OCH3 is 2. The summed E-state index contributed by atoms with van der Waals surface area (Å²) in [6.45, 7) is 8.42. The Hall–Kier alpha value is -2.05. The summed E-state index contributed by atoms with van der Waals surface area (Å²) in [5.41, 5.74) is 3.98. The van der Waals surface area contributed by atoms with Gasteiger partial charge in [-0.2, -0.15) is 0 Å². The second kappa shape index (κ2) is 9.19. The van der Waals surface area contributed by atoms with Gasteiger partial charge in [0.25, 0.3) is 0 Å². The van der Waals surface area contributed by atoms with E-state index in [4.69, 9.17) is 14.2 Å². The highest BCUT2D eigenvalue weighted by Gasteiger charge is 2.55. The number of fused-ring (bicyclic) bond motifs is 3. The average molecular weight is 470 g/mol. The highest BCUT2D eigenvalue weighted by atomic mass is 16.6. The SMILES string of the molecule is C=C1CCC[C@]2(C)C[C@H]3OC(=O)[C@@H](CN4CCc5cc(OC)c(OC)cc5[C@@H]4CCO)[C@@H]3C[C@@H]12. The Labute approximate surface area is 203 Å². The molecule has 34 heavy (non-hydrogen) atoms. The van der Waals surface area contributed by atoms with E-state index in [-0.39, 0.29) is 42.0 Å². The van der Waals surface area contributed by atoms with Crippen molar-refractivity contribution in [3.05, 3.63) is 35.4 Å². The van der Waals surface area contributed by atoms with Crippen molar-refractivity contribution in [3.8, 4) is 11.5 Å². The fourth-order valence-corrected chi connectivity index (χ4v) is 7.48. The Kier molecular flexibility index (Phi) is 6.40. The summed E-state index contributed by atoms with van der Waals surface area (Å²) in [6.07, 6.45) is 7.02. The lowest BCUT2D eigenvalue weighted by Crippen LogP contribution is -2.46. The molecule has 2 aliphatic heterocycles. The van der Waals surface area contributed by atoms with Crippen molar-refractivity contribution in [2.24, 2.45) is 23.2 Å². The van der Waals surface area contributed by atoms with Crippen LogP contribution in [0.5, 0.6) is 11.5 Å². The van der Waals surface area contributed by atoms with Crippen molar-refractivity contribution < 1.29 is 24.1 Å². The minimum absolute atomic E-state index is 0.0300. The number of ether oxygens (including phenoxy) is 3. The highest BCUT2D eigenvalue weighted by Crippen LogP contribution is 2.57. The average Bonchev–Trinajstić information content (AvgIpc) is 3.11. The zero-order valence-corrected chi connectivity index (χ0v) is 20.8. The van der Waals surface area contributed by atoms with E-state index < -0.39 is 0 Å². The summed E-state index contributed by atoms with van der Waals surface area (Å²) < 4.78 is 17.1. The van der Waals surface area contributed by atoms with Gasteiger partial charge in [0.1, 0.15) is 6.10 Å². The number of benzene rings is 1. The quantitative estimate of drug-likeness (QED) is 0.495. The highest BCUT2D eigenvalue weighted by molar-refractivity contribution is 5.75. The van der Waals surface area contributed by atoms with Crippen LogP contribution in [0.1, 0.15) is 62.6 Å². The van der Waals surface area contributed by atoms with Crippen LogP contribution in [0, 0.1) is 23.2 Å². The van der Waals surface area contributed by atoms with E-state index >= 15 is 0 Å². The maximum atomic E-state index is 13.1. The van der Waals surface area contributed by atoms with Crippen molar-refractivity contribution in [1.82, 2.24) is 4.90 Å². The van der Waals surface area contributed by atoms with Crippen LogP contribution in [0.3, 0.4) is 0 Å². The summed E-state index contributed by atoms with van der Waals surface area (Å²) in [7, 11) is 3.30. The molecule has 1 aromatic carbocycles. The first kappa shape index (κ1) is 23.7. The van der Waals surface area contributed by atoms with Crippen LogP contribution in [-0.2, 0) is 16.0 Å². The number of esters is 1. The molecule has 6 heteroatoms. The number of hydrogen-bond acceptors (Lipinski definition) is 6. The molecule has 6 atom stereocenters. The Bertz CT molecular complexity index is 960. The maximum absolute atomic E-state index is 13.1. The molecule has 5 rings (SSSR count). The molecule has 2 saturated carbocycles. The molecule has 0 radical (unpaired) electrons. The van der Waals surface area contributed by atoms with Gasteiger partial charge in [0, 0.05) is 31.7 Å². The Morgan fingerprint density at radius 2 is 2.00 bits per heavy atom. The lowest BCUT2D eigenvalue weighted by atomic mass is 9.55. The van der Waals surface area contributed by atoms with E-state index in [1.54, 1.807) is 14.2 Å². The molecule has 1 saturated heterocycles. The Morgan fingerprint density at radius 1 is 1.24 bits per heavy atom. The summed E-state index contributed by atoms with van der Waals surface area (Å²) in [6, 6.07) is 4.15. The molecule has 2 aliphatic carbocycles. The van der Waals surface area contributed by atoms with Crippen LogP contribution >= 0.6 is 0 Å². The molecule has 0 amide bonds. The Balaban J connectivity index is 1.39. The molecule has 2 heterocycles. The third-order valence-corrected chi connectivity index (χ3v) is 9.27. The van der Waals surface area contributed by atoms with Gasteiger partial charge in [-0.25, -0.2) is 0 Å². The van der Waals surface area contributed by atoms with Crippen molar-refractivity contribution >= 4 is 5.97 Å². The number of nitrogens with zero attached hydrogens (tertiary/aromatic N) is 1. The third-order valence-electron chi connectivity index (χ3n) is 9.27. The smallest absolute Gasteiger partial charge is 0.310 e. The molecule has 0 spiro atoms. The zero-order chi connectivity index (χ0) is 24.0. The molecule has 186 valence electrons. The van der Waals surface area contributed by atoms with Gasteiger partial charge in [0.2, 0.25) is 0 Å². The van der Waals surface area contributed by atoms with Crippen LogP contribution in [0.4, 0.5) is 0 Å². The van der Waals surface area contributed by atoms with Crippen LogP contribution in [0.2, 0.25) is 0 Å². The van der Waals surface area contributed by atoms with Crippen LogP contribution < -0.4 is 9.47 Å². The second-order valence-electron chi connectivity index (χ2n) is 11.1. The van der Waals surface area contributed by atoms with E-state index in [0.29, 0.717) is 24.6 Å².